The van der Waals surface area contributed by atoms with Gasteiger partial charge in [0, 0.05) is 54.7 Å². The van der Waals surface area contributed by atoms with Crippen molar-refractivity contribution in [2.75, 3.05) is 39.4 Å². The average Bonchev–Trinajstić information content (AvgIpc) is 4.07. The Bertz CT molecular complexity index is 3060. The van der Waals surface area contributed by atoms with Gasteiger partial charge in [-0.05, 0) is 72.0 Å². The molecule has 8 amide bonds. The summed E-state index contributed by atoms with van der Waals surface area (Å²) in [6.45, 7) is 5.69. The van der Waals surface area contributed by atoms with Gasteiger partial charge in [0.25, 0.3) is 17.7 Å². The molecule has 3 aromatic carbocycles. The fraction of sp³-hybridized carbons (Fsp3) is 0.423. The number of halogens is 2. The van der Waals surface area contributed by atoms with Crippen LogP contribution in [0.25, 0.3) is 10.1 Å². The van der Waals surface area contributed by atoms with Crippen LogP contribution in [0.15, 0.2) is 72.8 Å². The van der Waals surface area contributed by atoms with E-state index in [0.29, 0.717) is 36.1 Å². The van der Waals surface area contributed by atoms with Gasteiger partial charge in [-0.1, -0.05) is 69.0 Å². The van der Waals surface area contributed by atoms with Crippen molar-refractivity contribution >= 4 is 76.3 Å². The largest absolute Gasteiger partial charge is 0.399 e. The number of carbonyl (C=O) groups excluding carboxylic acids is 8. The molecule has 5 heterocycles. The third-order valence-corrected chi connectivity index (χ3v) is 15.5. The lowest BCUT2D eigenvalue weighted by Crippen LogP contribution is -2.58. The van der Waals surface area contributed by atoms with Crippen LogP contribution in [0.4, 0.5) is 8.78 Å². The molecule has 4 aliphatic heterocycles. The topological polar surface area (TPSA) is 258 Å². The van der Waals surface area contributed by atoms with E-state index in [-0.39, 0.29) is 79.4 Å². The lowest BCUT2D eigenvalue weighted by atomic mass is 9.85. The maximum Gasteiger partial charge on any atom is 0.399 e. The molecule has 5 N–H and O–H groups in total. The molecule has 0 saturated carbocycles. The molecule has 3 fully saturated rings. The first kappa shape index (κ1) is 54.5. The highest BCUT2D eigenvalue weighted by Crippen LogP contribution is 2.59. The fourth-order valence-corrected chi connectivity index (χ4v) is 10.8. The van der Waals surface area contributed by atoms with Crippen molar-refractivity contribution in [2.45, 2.75) is 95.3 Å². The molecule has 4 aliphatic rings. The highest BCUT2D eigenvalue weighted by molar-refractivity contribution is 7.52. The number of rotatable bonds is 15. The normalized spacial score (nSPS) is 20.6. The number of imide groups is 2. The Labute approximate surface area is 433 Å². The second kappa shape index (κ2) is 22.2. The summed E-state index contributed by atoms with van der Waals surface area (Å²) in [4.78, 5) is 129. The van der Waals surface area contributed by atoms with Gasteiger partial charge in [0.2, 0.25) is 29.5 Å². The van der Waals surface area contributed by atoms with Crippen molar-refractivity contribution < 1.29 is 71.0 Å². The minimum Gasteiger partial charge on any atom is -0.370 e. The van der Waals surface area contributed by atoms with E-state index in [4.69, 9.17) is 9.47 Å². The molecular formula is C52H55F2N6O13PS. The van der Waals surface area contributed by atoms with Gasteiger partial charge in [0.15, 0.2) is 0 Å². The SMILES string of the molecule is CC(C)(C)C(NC(=O)c1cc2cc(C(F)(F)P(=O)(O)O)ccc2s1)C(=O)N1C[C@@H](OCC(=O)NCCCCC#Cc2ccc3c(c2)C(=O)N(C2CCC(=O)NC2=O)C3=O)C[C@H]1C(=O)N1CCO[C@H](c2ccccc2)C1. The van der Waals surface area contributed by atoms with Crippen molar-refractivity contribution in [2.24, 2.45) is 5.41 Å². The van der Waals surface area contributed by atoms with Gasteiger partial charge in [-0.25, -0.2) is 0 Å². The molecule has 8 rings (SSSR count). The molecule has 3 saturated heterocycles. The van der Waals surface area contributed by atoms with Gasteiger partial charge in [0.05, 0.1) is 35.3 Å². The van der Waals surface area contributed by atoms with Crippen LogP contribution < -0.4 is 16.0 Å². The molecule has 0 aliphatic carbocycles. The Balaban J connectivity index is 0.879. The average molecular weight is 1070 g/mol. The number of alkyl halides is 2. The van der Waals surface area contributed by atoms with E-state index >= 15 is 0 Å². The molecular weight excluding hydrogens is 1020 g/mol. The minimum atomic E-state index is -5.86. The molecule has 0 bridgehead atoms. The molecule has 0 spiro atoms. The Morgan fingerprint density at radius 3 is 2.43 bits per heavy atom. The van der Waals surface area contributed by atoms with Crippen molar-refractivity contribution in [3.63, 3.8) is 0 Å². The van der Waals surface area contributed by atoms with E-state index in [1.165, 1.54) is 29.2 Å². The summed E-state index contributed by atoms with van der Waals surface area (Å²) in [6, 6.07) is 14.9. The summed E-state index contributed by atoms with van der Waals surface area (Å²) >= 11 is 0.930. The van der Waals surface area contributed by atoms with Crippen LogP contribution in [0, 0.1) is 17.3 Å². The van der Waals surface area contributed by atoms with E-state index in [0.717, 1.165) is 33.9 Å². The summed E-state index contributed by atoms with van der Waals surface area (Å²) in [5, 5.41) is 7.90. The quantitative estimate of drug-likeness (QED) is 0.0473. The number of nitrogens with zero attached hydrogens (tertiary/aromatic N) is 3. The maximum atomic E-state index is 14.8. The second-order valence-electron chi connectivity index (χ2n) is 19.8. The number of amides is 8. The van der Waals surface area contributed by atoms with Crippen molar-refractivity contribution in [3.8, 4) is 11.8 Å². The number of nitrogens with one attached hydrogen (secondary N) is 3. The number of hydrogen-bond donors (Lipinski definition) is 5. The zero-order chi connectivity index (χ0) is 54.0. The number of morpholine rings is 1. The lowest BCUT2D eigenvalue weighted by Gasteiger charge is -2.38. The van der Waals surface area contributed by atoms with Gasteiger partial charge in [-0.3, -0.25) is 53.1 Å². The zero-order valence-corrected chi connectivity index (χ0v) is 42.8. The van der Waals surface area contributed by atoms with Crippen LogP contribution in [0.1, 0.15) is 112 Å². The van der Waals surface area contributed by atoms with Crippen LogP contribution in [0.5, 0.6) is 0 Å². The molecule has 5 atom stereocenters. The fourth-order valence-electron chi connectivity index (χ4n) is 9.38. The summed E-state index contributed by atoms with van der Waals surface area (Å²) in [7, 11) is -5.86. The molecule has 75 heavy (non-hydrogen) atoms. The number of ether oxygens (including phenoxy) is 2. The van der Waals surface area contributed by atoms with Gasteiger partial charge < -0.3 is 39.7 Å². The first-order chi connectivity index (χ1) is 35.5. The summed E-state index contributed by atoms with van der Waals surface area (Å²) < 4.78 is 53.1. The molecule has 23 heteroatoms. The Morgan fingerprint density at radius 2 is 1.71 bits per heavy atom. The van der Waals surface area contributed by atoms with Crippen LogP contribution in [0.3, 0.4) is 0 Å². The molecule has 0 radical (unpaired) electrons. The number of benzene rings is 3. The summed E-state index contributed by atoms with van der Waals surface area (Å²) in [5.74, 6) is 1.50. The maximum absolute atomic E-state index is 14.8. The monoisotopic (exact) mass is 1070 g/mol. The van der Waals surface area contributed by atoms with Crippen molar-refractivity contribution in [1.82, 2.24) is 30.7 Å². The third kappa shape index (κ3) is 12.0. The number of carbonyl (C=O) groups is 8. The highest BCUT2D eigenvalue weighted by atomic mass is 32.1. The van der Waals surface area contributed by atoms with E-state index in [2.05, 4.69) is 27.8 Å². The first-order valence-corrected chi connectivity index (χ1v) is 26.7. The third-order valence-electron chi connectivity index (χ3n) is 13.4. The molecule has 4 aromatic rings. The first-order valence-electron chi connectivity index (χ1n) is 24.3. The molecule has 396 valence electrons. The van der Waals surface area contributed by atoms with Crippen molar-refractivity contribution in [3.05, 3.63) is 105 Å². The number of thiophene rings is 1. The number of fused-ring (bicyclic) bond motifs is 2. The minimum absolute atomic E-state index is 0.0118. The summed E-state index contributed by atoms with van der Waals surface area (Å²) in [6.07, 6.45) is 0.512. The Morgan fingerprint density at radius 1 is 0.960 bits per heavy atom. The van der Waals surface area contributed by atoms with E-state index in [1.807, 2.05) is 30.3 Å². The predicted molar refractivity (Wildman–Crippen MR) is 267 cm³/mol. The molecule has 2 unspecified atom stereocenters. The smallest absolute Gasteiger partial charge is 0.370 e. The van der Waals surface area contributed by atoms with Crippen LogP contribution in [-0.2, 0) is 43.7 Å². The van der Waals surface area contributed by atoms with Gasteiger partial charge in [0.1, 0.15) is 30.8 Å². The number of hydrogen-bond acceptors (Lipinski definition) is 12. The number of likely N-dealkylation sites (tertiary alicyclic amines) is 1. The van der Waals surface area contributed by atoms with Crippen molar-refractivity contribution in [1.29, 1.82) is 0 Å². The van der Waals surface area contributed by atoms with Crippen LogP contribution in [0.2, 0.25) is 0 Å². The standard InChI is InChI=1S/C52H55F2N6O13PS/c1-51(2,3)44(57-46(64)41-25-32-24-33(15-18-40(32)75-41)52(53,54)74(69,70)71)50(68)59-27-34(26-38(59)49(67)58-21-22-72-39(28-58)31-12-8-6-9-13-31)73-29-43(62)55-20-10-5-4-7-11-30-14-16-35-36(23-30)48(66)60(47(35)65)37-17-19-42(61)56-45(37)63/h6,8-9,12-16,18,23-25,34,37-39,44H,4-5,10,17,19-22,26-29H2,1-3H3,(H,55,62)(H,57,64)(H,56,61,63)(H2,69,70,71)/t34-,37?,38-,39-,44?/m0/s1. The molecule has 1 aromatic heterocycles. The van der Waals surface area contributed by atoms with Gasteiger partial charge in [-0.2, -0.15) is 8.78 Å². The number of unbranched alkanes of at least 4 members (excludes halogenated alkanes) is 2. The highest BCUT2D eigenvalue weighted by Gasteiger charge is 2.51. The predicted octanol–water partition coefficient (Wildman–Crippen LogP) is 4.60. The van der Waals surface area contributed by atoms with Gasteiger partial charge in [-0.15, -0.1) is 11.3 Å². The van der Waals surface area contributed by atoms with Gasteiger partial charge >= 0.3 is 13.3 Å². The Kier molecular flexibility index (Phi) is 16.2. The van der Waals surface area contributed by atoms with Crippen LogP contribution >= 0.6 is 18.9 Å². The summed E-state index contributed by atoms with van der Waals surface area (Å²) in [5.41, 5.74) is -4.70. The van der Waals surface area contributed by atoms with E-state index in [1.54, 1.807) is 31.7 Å². The number of piperidine rings is 1. The Hall–Kier alpha value is -6.73. The second-order valence-corrected chi connectivity index (χ2v) is 22.5. The zero-order valence-electron chi connectivity index (χ0n) is 41.1. The van der Waals surface area contributed by atoms with Crippen LogP contribution in [-0.4, -0.2) is 135 Å². The molecule has 19 nitrogen and oxygen atoms in total. The van der Waals surface area contributed by atoms with E-state index in [9.17, 15) is 61.5 Å². The lowest BCUT2D eigenvalue weighted by molar-refractivity contribution is -0.150. The van der Waals surface area contributed by atoms with E-state index < -0.39 is 95.9 Å².